The first-order valence-electron chi connectivity index (χ1n) is 6.81. The van der Waals surface area contributed by atoms with Gasteiger partial charge in [0.2, 0.25) is 0 Å². The number of nitrogens with two attached hydrogens (primary N) is 1. The van der Waals surface area contributed by atoms with Crippen LogP contribution in [0.4, 0.5) is 14.9 Å². The molecule has 0 bridgehead atoms. The summed E-state index contributed by atoms with van der Waals surface area (Å²) in [4.78, 5) is 15.3. The van der Waals surface area contributed by atoms with Crippen LogP contribution in [-0.4, -0.2) is 43.8 Å². The maximum Gasteiger partial charge on any atom is 0.409 e. The van der Waals surface area contributed by atoms with Crippen molar-refractivity contribution < 1.29 is 13.9 Å². The maximum absolute atomic E-state index is 13.7. The second kappa shape index (κ2) is 6.56. The van der Waals surface area contributed by atoms with Crippen molar-refractivity contribution in [3.8, 4) is 0 Å². The summed E-state index contributed by atoms with van der Waals surface area (Å²) < 4.78 is 18.7. The lowest BCUT2D eigenvalue weighted by molar-refractivity contribution is 0.105. The Hall–Kier alpha value is -1.82. The zero-order valence-electron chi connectivity index (χ0n) is 11.6. The highest BCUT2D eigenvalue weighted by molar-refractivity contribution is 5.68. The summed E-state index contributed by atoms with van der Waals surface area (Å²) in [6.45, 7) is 4.76. The minimum absolute atomic E-state index is 0.167. The third-order valence-corrected chi connectivity index (χ3v) is 3.44. The molecule has 1 heterocycles. The van der Waals surface area contributed by atoms with Gasteiger partial charge in [-0.2, -0.15) is 0 Å². The average molecular weight is 281 g/mol. The molecule has 1 aliphatic rings. The summed E-state index contributed by atoms with van der Waals surface area (Å²) in [6.07, 6.45) is -0.287. The Balaban J connectivity index is 2.04. The number of benzene rings is 1. The van der Waals surface area contributed by atoms with Crippen molar-refractivity contribution >= 4 is 11.8 Å². The van der Waals surface area contributed by atoms with Gasteiger partial charge in [-0.1, -0.05) is 6.07 Å². The second-order valence-electron chi connectivity index (χ2n) is 4.61. The molecule has 0 spiro atoms. The van der Waals surface area contributed by atoms with Gasteiger partial charge in [-0.15, -0.1) is 0 Å². The average Bonchev–Trinajstić information content (AvgIpc) is 2.47. The molecule has 1 amide bonds. The molecule has 20 heavy (non-hydrogen) atoms. The van der Waals surface area contributed by atoms with E-state index in [2.05, 4.69) is 4.90 Å². The molecular formula is C14H20FN3O2. The number of nitrogens with zero attached hydrogens (tertiary/aromatic N) is 2. The molecule has 1 fully saturated rings. The van der Waals surface area contributed by atoms with Gasteiger partial charge in [-0.05, 0) is 19.1 Å². The Morgan fingerprint density at radius 1 is 1.35 bits per heavy atom. The molecule has 110 valence electrons. The Labute approximate surface area is 118 Å². The largest absolute Gasteiger partial charge is 0.450 e. The van der Waals surface area contributed by atoms with Gasteiger partial charge in [0.05, 0.1) is 6.61 Å². The van der Waals surface area contributed by atoms with Crippen molar-refractivity contribution in [3.05, 3.63) is 29.6 Å². The number of ether oxygens (including phenoxy) is 1. The Morgan fingerprint density at radius 2 is 2.05 bits per heavy atom. The Bertz CT molecular complexity index is 473. The molecule has 1 aliphatic heterocycles. The van der Waals surface area contributed by atoms with Crippen LogP contribution >= 0.6 is 0 Å². The molecule has 0 saturated carbocycles. The summed E-state index contributed by atoms with van der Waals surface area (Å²) >= 11 is 0. The predicted octanol–water partition coefficient (Wildman–Crippen LogP) is 1.56. The van der Waals surface area contributed by atoms with Gasteiger partial charge in [-0.25, -0.2) is 9.18 Å². The van der Waals surface area contributed by atoms with Crippen molar-refractivity contribution in [3.63, 3.8) is 0 Å². The smallest absolute Gasteiger partial charge is 0.409 e. The fraction of sp³-hybridized carbons (Fsp3) is 0.500. The zero-order chi connectivity index (χ0) is 14.5. The lowest BCUT2D eigenvalue weighted by Crippen LogP contribution is -2.49. The van der Waals surface area contributed by atoms with E-state index in [1.807, 2.05) is 6.07 Å². The topological polar surface area (TPSA) is 58.8 Å². The van der Waals surface area contributed by atoms with Gasteiger partial charge in [0.1, 0.15) is 5.82 Å². The molecular weight excluding hydrogens is 261 g/mol. The first kappa shape index (κ1) is 14.6. The summed E-state index contributed by atoms with van der Waals surface area (Å²) in [5, 5.41) is 0. The normalized spacial score (nSPS) is 15.3. The first-order chi connectivity index (χ1) is 9.67. The minimum atomic E-state index is -0.287. The molecule has 0 aliphatic carbocycles. The molecule has 1 aromatic carbocycles. The number of amides is 1. The zero-order valence-corrected chi connectivity index (χ0v) is 11.6. The maximum atomic E-state index is 13.7. The molecule has 1 saturated heterocycles. The van der Waals surface area contributed by atoms with Crippen LogP contribution in [-0.2, 0) is 11.3 Å². The minimum Gasteiger partial charge on any atom is -0.450 e. The lowest BCUT2D eigenvalue weighted by Gasteiger charge is -2.36. The molecule has 2 N–H and O–H groups in total. The molecule has 0 radical (unpaired) electrons. The predicted molar refractivity (Wildman–Crippen MR) is 75.1 cm³/mol. The van der Waals surface area contributed by atoms with Gasteiger partial charge in [0, 0.05) is 44.0 Å². The third-order valence-electron chi connectivity index (χ3n) is 3.44. The number of anilines is 1. The SMILES string of the molecule is CCOC(=O)N1CCN(c2cccc(F)c2CN)CC1. The quantitative estimate of drug-likeness (QED) is 0.913. The second-order valence-corrected chi connectivity index (χ2v) is 4.61. The Morgan fingerprint density at radius 3 is 2.65 bits per heavy atom. The molecule has 6 heteroatoms. The van der Waals surface area contributed by atoms with E-state index in [4.69, 9.17) is 10.5 Å². The van der Waals surface area contributed by atoms with Crippen LogP contribution < -0.4 is 10.6 Å². The van der Waals surface area contributed by atoms with Gasteiger partial charge in [0.25, 0.3) is 0 Å². The summed E-state index contributed by atoms with van der Waals surface area (Å²) in [6, 6.07) is 4.97. The number of rotatable bonds is 3. The molecule has 2 rings (SSSR count). The van der Waals surface area contributed by atoms with E-state index in [1.54, 1.807) is 17.9 Å². The van der Waals surface area contributed by atoms with E-state index in [1.165, 1.54) is 6.07 Å². The highest BCUT2D eigenvalue weighted by Crippen LogP contribution is 2.24. The number of carbonyl (C=O) groups excluding carboxylic acids is 1. The van der Waals surface area contributed by atoms with Crippen LogP contribution in [0.3, 0.4) is 0 Å². The van der Waals surface area contributed by atoms with Crippen molar-refractivity contribution in [2.75, 3.05) is 37.7 Å². The van der Waals surface area contributed by atoms with E-state index in [9.17, 15) is 9.18 Å². The van der Waals surface area contributed by atoms with Crippen LogP contribution in [0.2, 0.25) is 0 Å². The fourth-order valence-corrected chi connectivity index (χ4v) is 2.39. The third kappa shape index (κ3) is 3.01. The standard InChI is InChI=1S/C14H20FN3O2/c1-2-20-14(19)18-8-6-17(7-9-18)13-5-3-4-12(15)11(13)10-16/h3-5H,2,6-10,16H2,1H3. The van der Waals surface area contributed by atoms with Gasteiger partial charge in [0.15, 0.2) is 0 Å². The number of hydrogen-bond donors (Lipinski definition) is 1. The van der Waals surface area contributed by atoms with Crippen LogP contribution in [0.25, 0.3) is 0 Å². The molecule has 0 atom stereocenters. The van der Waals surface area contributed by atoms with Crippen LogP contribution in [0.1, 0.15) is 12.5 Å². The van der Waals surface area contributed by atoms with E-state index in [0.29, 0.717) is 38.3 Å². The summed E-state index contributed by atoms with van der Waals surface area (Å²) in [5.74, 6) is -0.280. The summed E-state index contributed by atoms with van der Waals surface area (Å²) in [7, 11) is 0. The van der Waals surface area contributed by atoms with Gasteiger partial charge < -0.3 is 20.3 Å². The van der Waals surface area contributed by atoms with Crippen LogP contribution in [0.5, 0.6) is 0 Å². The van der Waals surface area contributed by atoms with Crippen molar-refractivity contribution in [1.29, 1.82) is 0 Å². The fourth-order valence-electron chi connectivity index (χ4n) is 2.39. The number of piperazine rings is 1. The number of hydrogen-bond acceptors (Lipinski definition) is 4. The van der Waals surface area contributed by atoms with Crippen molar-refractivity contribution in [2.24, 2.45) is 5.73 Å². The summed E-state index contributed by atoms with van der Waals surface area (Å²) in [5.41, 5.74) is 6.96. The molecule has 0 aromatic heterocycles. The highest BCUT2D eigenvalue weighted by atomic mass is 19.1. The first-order valence-corrected chi connectivity index (χ1v) is 6.81. The van der Waals surface area contributed by atoms with E-state index < -0.39 is 0 Å². The van der Waals surface area contributed by atoms with Gasteiger partial charge in [-0.3, -0.25) is 0 Å². The monoisotopic (exact) mass is 281 g/mol. The van der Waals surface area contributed by atoms with Crippen LogP contribution in [0.15, 0.2) is 18.2 Å². The van der Waals surface area contributed by atoms with Crippen molar-refractivity contribution in [1.82, 2.24) is 4.90 Å². The number of halogens is 1. The Kier molecular flexibility index (Phi) is 4.79. The van der Waals surface area contributed by atoms with E-state index in [-0.39, 0.29) is 18.5 Å². The van der Waals surface area contributed by atoms with E-state index >= 15 is 0 Å². The lowest BCUT2D eigenvalue weighted by atomic mass is 10.1. The molecule has 5 nitrogen and oxygen atoms in total. The molecule has 0 unspecified atom stereocenters. The number of carbonyl (C=O) groups is 1. The van der Waals surface area contributed by atoms with E-state index in [0.717, 1.165) is 5.69 Å². The molecule has 1 aromatic rings. The van der Waals surface area contributed by atoms with Gasteiger partial charge >= 0.3 is 6.09 Å². The van der Waals surface area contributed by atoms with Crippen LogP contribution in [0, 0.1) is 5.82 Å². The van der Waals surface area contributed by atoms with Crippen molar-refractivity contribution in [2.45, 2.75) is 13.5 Å². The highest BCUT2D eigenvalue weighted by Gasteiger charge is 2.23.